The van der Waals surface area contributed by atoms with Crippen molar-refractivity contribution in [2.24, 2.45) is 0 Å². The van der Waals surface area contributed by atoms with E-state index in [-0.39, 0.29) is 24.6 Å². The number of ether oxygens (including phenoxy) is 2. The molecule has 0 atom stereocenters. The molecule has 8 heteroatoms. The van der Waals surface area contributed by atoms with Crippen molar-refractivity contribution in [3.8, 4) is 0 Å². The van der Waals surface area contributed by atoms with Gasteiger partial charge in [-0.25, -0.2) is 19.6 Å². The van der Waals surface area contributed by atoms with Gasteiger partial charge in [0.25, 0.3) is 0 Å². The van der Waals surface area contributed by atoms with Gasteiger partial charge in [0, 0.05) is 24.8 Å². The number of nitrogens with zero attached hydrogens (tertiary/aromatic N) is 4. The van der Waals surface area contributed by atoms with Crippen LogP contribution in [0.25, 0.3) is 0 Å². The van der Waals surface area contributed by atoms with Gasteiger partial charge in [-0.3, -0.25) is 9.97 Å². The molecule has 0 N–H and O–H groups in total. The maximum absolute atomic E-state index is 11.8. The first-order valence-corrected chi connectivity index (χ1v) is 7.66. The van der Waals surface area contributed by atoms with Gasteiger partial charge < -0.3 is 9.47 Å². The summed E-state index contributed by atoms with van der Waals surface area (Å²) in [5.41, 5.74) is 1.90. The van der Waals surface area contributed by atoms with E-state index in [1.54, 1.807) is 24.3 Å². The van der Waals surface area contributed by atoms with Crippen molar-refractivity contribution in [3.63, 3.8) is 0 Å². The third kappa shape index (κ3) is 4.67. The van der Waals surface area contributed by atoms with Crippen LogP contribution in [0.1, 0.15) is 32.1 Å². The van der Waals surface area contributed by atoms with Crippen LogP contribution >= 0.6 is 0 Å². The van der Waals surface area contributed by atoms with E-state index in [0.29, 0.717) is 0 Å². The quantitative estimate of drug-likeness (QED) is 0.622. The lowest BCUT2D eigenvalue weighted by Gasteiger charge is -2.07. The van der Waals surface area contributed by atoms with Gasteiger partial charge >= 0.3 is 11.9 Å². The molecule has 0 aliphatic heterocycles. The summed E-state index contributed by atoms with van der Waals surface area (Å²) >= 11 is 0. The maximum Gasteiger partial charge on any atom is 0.358 e. The molecule has 130 valence electrons. The van der Waals surface area contributed by atoms with E-state index in [1.165, 1.54) is 37.2 Å². The summed E-state index contributed by atoms with van der Waals surface area (Å²) < 4.78 is 10.3. The zero-order chi connectivity index (χ0) is 18.2. The minimum atomic E-state index is -0.542. The molecule has 0 radical (unpaired) electrons. The Morgan fingerprint density at radius 3 is 1.46 bits per heavy atom. The summed E-state index contributed by atoms with van der Waals surface area (Å²) in [4.78, 5) is 39.0. The number of hydrogen-bond acceptors (Lipinski definition) is 8. The van der Waals surface area contributed by atoms with E-state index in [1.807, 2.05) is 0 Å². The lowest BCUT2D eigenvalue weighted by Crippen LogP contribution is -2.08. The van der Waals surface area contributed by atoms with Crippen molar-refractivity contribution in [2.75, 3.05) is 0 Å². The summed E-state index contributed by atoms with van der Waals surface area (Å²) in [7, 11) is 0. The largest absolute Gasteiger partial charge is 0.456 e. The molecule has 0 unspecified atom stereocenters. The summed E-state index contributed by atoms with van der Waals surface area (Å²) in [6.07, 6.45) is 8.49. The summed E-state index contributed by atoms with van der Waals surface area (Å²) in [6, 6.07) is 7.15. The van der Waals surface area contributed by atoms with Crippen molar-refractivity contribution < 1.29 is 19.1 Å². The number of benzene rings is 1. The zero-order valence-electron chi connectivity index (χ0n) is 13.6. The molecule has 26 heavy (non-hydrogen) atoms. The molecule has 2 heterocycles. The number of hydrogen-bond donors (Lipinski definition) is 0. The van der Waals surface area contributed by atoms with Crippen molar-refractivity contribution in [2.45, 2.75) is 13.2 Å². The third-order valence-corrected chi connectivity index (χ3v) is 3.31. The minimum Gasteiger partial charge on any atom is -0.456 e. The van der Waals surface area contributed by atoms with Gasteiger partial charge in [-0.05, 0) is 11.1 Å². The smallest absolute Gasteiger partial charge is 0.358 e. The monoisotopic (exact) mass is 350 g/mol. The fraction of sp³-hybridized carbons (Fsp3) is 0.111. The van der Waals surface area contributed by atoms with Crippen molar-refractivity contribution in [3.05, 3.63) is 84.0 Å². The Balaban J connectivity index is 1.49. The molecule has 3 aromatic rings. The van der Waals surface area contributed by atoms with E-state index in [2.05, 4.69) is 19.9 Å². The third-order valence-electron chi connectivity index (χ3n) is 3.31. The lowest BCUT2D eigenvalue weighted by atomic mass is 10.1. The topological polar surface area (TPSA) is 104 Å². The van der Waals surface area contributed by atoms with Crippen LogP contribution in [0.3, 0.4) is 0 Å². The molecule has 0 saturated heterocycles. The van der Waals surface area contributed by atoms with E-state index in [9.17, 15) is 9.59 Å². The van der Waals surface area contributed by atoms with Crippen molar-refractivity contribution in [1.29, 1.82) is 0 Å². The highest BCUT2D eigenvalue weighted by atomic mass is 16.5. The number of esters is 2. The van der Waals surface area contributed by atoms with Crippen LogP contribution in [0.15, 0.2) is 61.4 Å². The highest BCUT2D eigenvalue weighted by Gasteiger charge is 2.10. The second kappa shape index (κ2) is 8.43. The van der Waals surface area contributed by atoms with Gasteiger partial charge in [0.1, 0.15) is 13.2 Å². The normalized spacial score (nSPS) is 10.2. The lowest BCUT2D eigenvalue weighted by molar-refractivity contribution is 0.0453. The molecular weight excluding hydrogens is 336 g/mol. The minimum absolute atomic E-state index is 0.106. The van der Waals surface area contributed by atoms with Crippen LogP contribution in [0, 0.1) is 0 Å². The standard InChI is InChI=1S/C18H14N4O4/c23-17(15-9-19-5-7-21-15)25-11-13-1-2-14(4-3-13)12-26-18(24)16-10-20-6-8-22-16/h1-10H,11-12H2. The Morgan fingerprint density at radius 2 is 1.12 bits per heavy atom. The van der Waals surface area contributed by atoms with Crippen LogP contribution in [-0.2, 0) is 22.7 Å². The van der Waals surface area contributed by atoms with Crippen molar-refractivity contribution in [1.82, 2.24) is 19.9 Å². The zero-order valence-corrected chi connectivity index (χ0v) is 13.6. The molecule has 1 aromatic carbocycles. The van der Waals surface area contributed by atoms with E-state index in [4.69, 9.17) is 9.47 Å². The van der Waals surface area contributed by atoms with Crippen LogP contribution in [0.5, 0.6) is 0 Å². The molecule has 0 amide bonds. The van der Waals surface area contributed by atoms with Crippen LogP contribution in [0.4, 0.5) is 0 Å². The predicted molar refractivity (Wildman–Crippen MR) is 88.7 cm³/mol. The fourth-order valence-electron chi connectivity index (χ4n) is 1.99. The number of carbonyl (C=O) groups excluding carboxylic acids is 2. The van der Waals surface area contributed by atoms with Gasteiger partial charge in [0.05, 0.1) is 12.4 Å². The molecule has 0 fully saturated rings. The first-order chi connectivity index (χ1) is 12.7. The maximum atomic E-state index is 11.8. The van der Waals surface area contributed by atoms with E-state index >= 15 is 0 Å². The number of rotatable bonds is 6. The molecule has 0 aliphatic rings. The predicted octanol–water partition coefficient (Wildman–Crippen LogP) is 1.98. The van der Waals surface area contributed by atoms with Gasteiger partial charge in [0.15, 0.2) is 11.4 Å². The summed E-state index contributed by atoms with van der Waals surface area (Å²) in [5, 5.41) is 0. The molecule has 2 aromatic heterocycles. The molecule has 8 nitrogen and oxygen atoms in total. The molecule has 0 spiro atoms. The Hall–Kier alpha value is -3.68. The molecule has 0 bridgehead atoms. The van der Waals surface area contributed by atoms with E-state index < -0.39 is 11.9 Å². The Morgan fingerprint density at radius 1 is 0.692 bits per heavy atom. The average Bonchev–Trinajstić information content (AvgIpc) is 2.72. The molecule has 3 rings (SSSR count). The van der Waals surface area contributed by atoms with Crippen LogP contribution < -0.4 is 0 Å². The fourth-order valence-corrected chi connectivity index (χ4v) is 1.99. The van der Waals surface area contributed by atoms with Crippen molar-refractivity contribution >= 4 is 11.9 Å². The SMILES string of the molecule is O=C(OCc1ccc(COC(=O)c2cnccn2)cc1)c1cnccn1. The average molecular weight is 350 g/mol. The van der Waals surface area contributed by atoms with E-state index in [0.717, 1.165) is 11.1 Å². The Bertz CT molecular complexity index is 796. The van der Waals surface area contributed by atoms with Crippen LogP contribution in [0.2, 0.25) is 0 Å². The summed E-state index contributed by atoms with van der Waals surface area (Å²) in [5.74, 6) is -1.08. The first kappa shape index (κ1) is 17.2. The van der Waals surface area contributed by atoms with Gasteiger partial charge in [-0.1, -0.05) is 24.3 Å². The number of aromatic nitrogens is 4. The highest BCUT2D eigenvalue weighted by Crippen LogP contribution is 2.09. The molecule has 0 aliphatic carbocycles. The Kier molecular flexibility index (Phi) is 5.56. The molecule has 0 saturated carbocycles. The highest BCUT2D eigenvalue weighted by molar-refractivity contribution is 5.87. The molecular formula is C18H14N4O4. The van der Waals surface area contributed by atoms with Gasteiger partial charge in [-0.2, -0.15) is 0 Å². The Labute approximate surface area is 148 Å². The van der Waals surface area contributed by atoms with Crippen LogP contribution in [-0.4, -0.2) is 31.9 Å². The van der Waals surface area contributed by atoms with Gasteiger partial charge in [0.2, 0.25) is 0 Å². The summed E-state index contributed by atoms with van der Waals surface area (Å²) in [6.45, 7) is 0.212. The second-order valence-corrected chi connectivity index (χ2v) is 5.15. The second-order valence-electron chi connectivity index (χ2n) is 5.15. The first-order valence-electron chi connectivity index (χ1n) is 7.66. The van der Waals surface area contributed by atoms with Gasteiger partial charge in [-0.15, -0.1) is 0 Å². The number of carbonyl (C=O) groups is 2.